The minimum absolute atomic E-state index is 0.0383. The number of allylic oxidation sites excluding steroid dienone is 2. The summed E-state index contributed by atoms with van der Waals surface area (Å²) in [5, 5.41) is 28.5. The summed E-state index contributed by atoms with van der Waals surface area (Å²) in [6, 6.07) is 8.69. The number of halogens is 2. The van der Waals surface area contributed by atoms with Crippen LogP contribution in [0.3, 0.4) is 0 Å². The van der Waals surface area contributed by atoms with E-state index in [2.05, 4.69) is 4.90 Å². The highest BCUT2D eigenvalue weighted by Gasteiger charge is 2.38. The van der Waals surface area contributed by atoms with Gasteiger partial charge in [0.1, 0.15) is 12.8 Å². The smallest absolute Gasteiger partial charge is 0.306 e. The number of aliphatic carboxylic acids is 1. The first-order chi connectivity index (χ1) is 19.7. The van der Waals surface area contributed by atoms with Crippen LogP contribution in [-0.2, 0) is 17.9 Å². The number of carboxylic acids is 1. The number of hydrogen-bond acceptors (Lipinski definition) is 6. The highest BCUT2D eigenvalue weighted by Crippen LogP contribution is 2.41. The quantitative estimate of drug-likeness (QED) is 0.291. The monoisotopic (exact) mass is 588 g/mol. The van der Waals surface area contributed by atoms with E-state index in [0.29, 0.717) is 43.2 Å². The lowest BCUT2D eigenvalue weighted by molar-refractivity contribution is -0.143. The molecule has 8 nitrogen and oxygen atoms in total. The van der Waals surface area contributed by atoms with Gasteiger partial charge in [0.15, 0.2) is 23.3 Å². The van der Waals surface area contributed by atoms with Gasteiger partial charge in [-0.15, -0.1) is 11.6 Å². The molecule has 10 heteroatoms. The molecule has 1 aromatic heterocycles. The van der Waals surface area contributed by atoms with Gasteiger partial charge in [-0.25, -0.2) is 4.39 Å². The van der Waals surface area contributed by atoms with Gasteiger partial charge in [-0.3, -0.25) is 14.3 Å². The second-order valence-corrected chi connectivity index (χ2v) is 11.8. The Labute approximate surface area is 244 Å². The van der Waals surface area contributed by atoms with Crippen LogP contribution in [0.5, 0.6) is 23.3 Å². The van der Waals surface area contributed by atoms with Crippen LogP contribution in [-0.4, -0.2) is 68.6 Å². The summed E-state index contributed by atoms with van der Waals surface area (Å²) in [5.41, 5.74) is 2.85. The van der Waals surface area contributed by atoms with Crippen LogP contribution in [0.1, 0.15) is 44.1 Å². The normalized spacial score (nSPS) is 25.9. The Kier molecular flexibility index (Phi) is 9.14. The highest BCUT2D eigenvalue weighted by atomic mass is 35.5. The van der Waals surface area contributed by atoms with Crippen LogP contribution in [0.2, 0.25) is 0 Å². The number of aromatic hydroxyl groups is 2. The van der Waals surface area contributed by atoms with Crippen molar-refractivity contribution < 1.29 is 34.0 Å². The average molecular weight is 589 g/mol. The third kappa shape index (κ3) is 6.51. The second kappa shape index (κ2) is 12.8. The lowest BCUT2D eigenvalue weighted by Gasteiger charge is -2.36. The minimum atomic E-state index is -1.17. The number of carbonyl (C=O) groups is 1. The Hall–Kier alpha value is -3.17. The van der Waals surface area contributed by atoms with Gasteiger partial charge in [-0.2, -0.15) is 0 Å². The number of ether oxygens (including phenoxy) is 2. The zero-order valence-electron chi connectivity index (χ0n) is 23.2. The molecule has 3 aliphatic rings. The number of nitrogens with zero attached hydrogens (tertiary/aromatic N) is 2. The van der Waals surface area contributed by atoms with Crippen LogP contribution >= 0.6 is 11.6 Å². The predicted molar refractivity (Wildman–Crippen MR) is 153 cm³/mol. The molecule has 0 bridgehead atoms. The van der Waals surface area contributed by atoms with Crippen molar-refractivity contribution in [2.24, 2.45) is 11.8 Å². The Morgan fingerprint density at radius 2 is 1.83 bits per heavy atom. The molecule has 3 aliphatic carbocycles. The van der Waals surface area contributed by atoms with Crippen molar-refractivity contribution in [1.82, 2.24) is 9.47 Å². The van der Waals surface area contributed by atoms with E-state index in [4.69, 9.17) is 21.1 Å². The highest BCUT2D eigenvalue weighted by molar-refractivity contribution is 6.22. The Morgan fingerprint density at radius 1 is 1.10 bits per heavy atom. The first kappa shape index (κ1) is 29.3. The summed E-state index contributed by atoms with van der Waals surface area (Å²) in [5.74, 6) is 0.442. The van der Waals surface area contributed by atoms with E-state index in [1.54, 1.807) is 13.2 Å². The van der Waals surface area contributed by atoms with Crippen molar-refractivity contribution in [3.8, 4) is 23.3 Å². The van der Waals surface area contributed by atoms with E-state index in [1.807, 2.05) is 24.3 Å². The van der Waals surface area contributed by atoms with Gasteiger partial charge in [0.2, 0.25) is 0 Å². The summed E-state index contributed by atoms with van der Waals surface area (Å²) in [7, 11) is 1.58. The number of rotatable bonds is 11. The van der Waals surface area contributed by atoms with Crippen molar-refractivity contribution in [2.45, 2.75) is 69.2 Å². The number of aromatic nitrogens is 1. The SMILES string of the molecule is COc1cc(CN(CC2CCC(C(=O)O)CC2)C2CCC3=C2C=CC(Cl)C3F)ccc1OCCn1c(O)ccc1O. The molecule has 1 aromatic carbocycles. The molecule has 1 heterocycles. The molecule has 0 saturated heterocycles. The maximum atomic E-state index is 15.0. The topological polar surface area (TPSA) is 104 Å². The molecule has 2 aromatic rings. The van der Waals surface area contributed by atoms with Gasteiger partial charge >= 0.3 is 5.97 Å². The van der Waals surface area contributed by atoms with Gasteiger partial charge < -0.3 is 24.8 Å². The summed E-state index contributed by atoms with van der Waals surface area (Å²) in [4.78, 5) is 13.9. The fourth-order valence-corrected chi connectivity index (χ4v) is 6.72. The van der Waals surface area contributed by atoms with Crippen LogP contribution in [0.15, 0.2) is 53.6 Å². The molecule has 3 atom stereocenters. The van der Waals surface area contributed by atoms with E-state index < -0.39 is 17.5 Å². The summed E-state index contributed by atoms with van der Waals surface area (Å²) >= 11 is 6.20. The number of benzene rings is 1. The summed E-state index contributed by atoms with van der Waals surface area (Å²) < 4.78 is 27.9. The third-order valence-electron chi connectivity index (χ3n) is 8.74. The molecule has 0 radical (unpaired) electrons. The van der Waals surface area contributed by atoms with Crippen LogP contribution in [0.25, 0.3) is 0 Å². The molecule has 1 saturated carbocycles. The fourth-order valence-electron chi connectivity index (χ4n) is 6.50. The van der Waals surface area contributed by atoms with E-state index in [-0.39, 0.29) is 36.9 Å². The van der Waals surface area contributed by atoms with Gasteiger partial charge in [0.05, 0.1) is 24.9 Å². The Bertz CT molecular complexity index is 1280. The lowest BCUT2D eigenvalue weighted by Crippen LogP contribution is -2.39. The average Bonchev–Trinajstić information content (AvgIpc) is 3.54. The lowest BCUT2D eigenvalue weighted by atomic mass is 9.81. The number of hydrogen-bond donors (Lipinski definition) is 3. The molecule has 3 N–H and O–H groups in total. The molecule has 5 rings (SSSR count). The van der Waals surface area contributed by atoms with Gasteiger partial charge in [0.25, 0.3) is 0 Å². The number of methoxy groups -OCH3 is 1. The van der Waals surface area contributed by atoms with E-state index in [0.717, 1.165) is 42.5 Å². The first-order valence-electron chi connectivity index (χ1n) is 14.3. The molecule has 41 heavy (non-hydrogen) atoms. The maximum Gasteiger partial charge on any atom is 0.306 e. The van der Waals surface area contributed by atoms with Crippen LogP contribution in [0, 0.1) is 11.8 Å². The predicted octanol–water partition coefficient (Wildman–Crippen LogP) is 5.65. The summed E-state index contributed by atoms with van der Waals surface area (Å²) in [6.07, 6.45) is 7.17. The van der Waals surface area contributed by atoms with Crippen LogP contribution < -0.4 is 9.47 Å². The van der Waals surface area contributed by atoms with Crippen molar-refractivity contribution in [3.05, 3.63) is 59.2 Å². The molecular formula is C31H38ClFN2O6. The van der Waals surface area contributed by atoms with Crippen LogP contribution in [0.4, 0.5) is 4.39 Å². The largest absolute Gasteiger partial charge is 0.494 e. The molecule has 1 fully saturated rings. The van der Waals surface area contributed by atoms with Gasteiger partial charge in [-0.05, 0) is 73.3 Å². The van der Waals surface area contributed by atoms with Gasteiger partial charge in [-0.1, -0.05) is 18.2 Å². The zero-order chi connectivity index (χ0) is 29.1. The van der Waals surface area contributed by atoms with Crippen molar-refractivity contribution in [1.29, 1.82) is 0 Å². The molecule has 222 valence electrons. The molecular weight excluding hydrogens is 551 g/mol. The molecule has 0 amide bonds. The number of carboxylic acid groups (broad SMARTS) is 1. The first-order valence-corrected chi connectivity index (χ1v) is 14.7. The van der Waals surface area contributed by atoms with E-state index >= 15 is 0 Å². The van der Waals surface area contributed by atoms with E-state index in [1.165, 1.54) is 16.7 Å². The van der Waals surface area contributed by atoms with Crippen molar-refractivity contribution >= 4 is 17.6 Å². The molecule has 0 spiro atoms. The zero-order valence-corrected chi connectivity index (χ0v) is 24.0. The standard InChI is InChI=1S/C31H38ClFN2O6/c1-40-27-16-20(4-11-26(27)41-15-14-35-28(36)12-13-29(35)37)18-34(17-19-2-5-21(6-3-19)31(38)39)25-10-8-23-22(25)7-9-24(32)30(23)33/h4,7,9,11-13,16,19,21,24-25,30,36-37H,2-3,5-6,8,10,14-15,17-18H2,1H3,(H,38,39). The Balaban J connectivity index is 1.31. The number of alkyl halides is 2. The van der Waals surface area contributed by atoms with Gasteiger partial charge in [0, 0.05) is 31.3 Å². The molecule has 0 aliphatic heterocycles. The Morgan fingerprint density at radius 3 is 2.51 bits per heavy atom. The van der Waals surface area contributed by atoms with Crippen molar-refractivity contribution in [2.75, 3.05) is 20.3 Å². The fraction of sp³-hybridized carbons (Fsp3) is 0.516. The third-order valence-corrected chi connectivity index (χ3v) is 9.11. The summed E-state index contributed by atoms with van der Waals surface area (Å²) in [6.45, 7) is 1.90. The van der Waals surface area contributed by atoms with Crippen molar-refractivity contribution in [3.63, 3.8) is 0 Å². The second-order valence-electron chi connectivity index (χ2n) is 11.3. The van der Waals surface area contributed by atoms with E-state index in [9.17, 15) is 24.5 Å². The maximum absolute atomic E-state index is 15.0. The molecule has 3 unspecified atom stereocenters. The minimum Gasteiger partial charge on any atom is -0.494 e.